The van der Waals surface area contributed by atoms with Crippen LogP contribution in [0, 0.1) is 0 Å². The van der Waals surface area contributed by atoms with E-state index in [9.17, 15) is 9.59 Å². The summed E-state index contributed by atoms with van der Waals surface area (Å²) >= 11 is 0. The molecule has 118 valence electrons. The summed E-state index contributed by atoms with van der Waals surface area (Å²) in [5.74, 6) is -0.406. The number of unbranched alkanes of at least 4 members (excludes halogenated alkanes) is 4. The normalized spacial score (nSPS) is 11.9. The molecule has 0 aliphatic rings. The summed E-state index contributed by atoms with van der Waals surface area (Å²) in [6, 6.07) is 0. The van der Waals surface area contributed by atoms with Crippen LogP contribution >= 0.6 is 0 Å². The summed E-state index contributed by atoms with van der Waals surface area (Å²) < 4.78 is 10.2. The molecule has 0 spiro atoms. The van der Waals surface area contributed by atoms with Gasteiger partial charge in [-0.1, -0.05) is 32.6 Å². The lowest BCUT2D eigenvalue weighted by Crippen LogP contribution is -2.17. The van der Waals surface area contributed by atoms with Crippen LogP contribution in [0.4, 0.5) is 0 Å². The Morgan fingerprint density at radius 2 is 1.60 bits per heavy atom. The molecule has 0 saturated heterocycles. The molecule has 4 nitrogen and oxygen atoms in total. The third-order valence-electron chi connectivity index (χ3n) is 3.17. The van der Waals surface area contributed by atoms with Crippen LogP contribution in [0.25, 0.3) is 0 Å². The molecule has 0 aliphatic heterocycles. The molecule has 0 N–H and O–H groups in total. The second kappa shape index (κ2) is 12.9. The van der Waals surface area contributed by atoms with Crippen molar-refractivity contribution in [1.82, 2.24) is 0 Å². The maximum absolute atomic E-state index is 11.2. The predicted molar refractivity (Wildman–Crippen MR) is 79.4 cm³/mol. The number of ether oxygens (including phenoxy) is 2. The van der Waals surface area contributed by atoms with Crippen LogP contribution in [0.1, 0.15) is 78.6 Å². The lowest BCUT2D eigenvalue weighted by Gasteiger charge is -2.16. The quantitative estimate of drug-likeness (QED) is 0.402. The maximum atomic E-state index is 11.2. The number of hydrogen-bond donors (Lipinski definition) is 0. The molecule has 0 amide bonds. The van der Waals surface area contributed by atoms with Gasteiger partial charge in [-0.2, -0.15) is 0 Å². The number of rotatable bonds is 12. The number of carbonyl (C=O) groups is 2. The van der Waals surface area contributed by atoms with Crippen LogP contribution < -0.4 is 0 Å². The molecule has 0 aromatic carbocycles. The maximum Gasteiger partial charge on any atom is 0.305 e. The van der Waals surface area contributed by atoms with Crippen LogP contribution in [0.2, 0.25) is 0 Å². The first-order valence-electron chi connectivity index (χ1n) is 7.93. The topological polar surface area (TPSA) is 52.6 Å². The molecule has 0 rings (SSSR count). The molecule has 0 saturated carbocycles. The molecule has 0 radical (unpaired) electrons. The molecule has 1 atom stereocenters. The van der Waals surface area contributed by atoms with Gasteiger partial charge in [0.05, 0.1) is 6.61 Å². The highest BCUT2D eigenvalue weighted by molar-refractivity contribution is 5.69. The van der Waals surface area contributed by atoms with Crippen molar-refractivity contribution in [2.45, 2.75) is 84.7 Å². The first kappa shape index (κ1) is 18.9. The molecular formula is C16H30O4. The molecule has 20 heavy (non-hydrogen) atoms. The summed E-state index contributed by atoms with van der Waals surface area (Å²) in [6.45, 7) is 5.85. The Labute approximate surface area is 123 Å². The molecule has 4 heteroatoms. The van der Waals surface area contributed by atoms with Crippen molar-refractivity contribution in [3.63, 3.8) is 0 Å². The van der Waals surface area contributed by atoms with Gasteiger partial charge in [-0.05, 0) is 32.6 Å². The van der Waals surface area contributed by atoms with Crippen LogP contribution in [-0.2, 0) is 19.1 Å². The minimum atomic E-state index is -0.236. The fourth-order valence-electron chi connectivity index (χ4n) is 2.18. The highest BCUT2D eigenvalue weighted by Crippen LogP contribution is 2.15. The van der Waals surface area contributed by atoms with Gasteiger partial charge < -0.3 is 9.47 Å². The van der Waals surface area contributed by atoms with Crippen LogP contribution in [0.15, 0.2) is 0 Å². The minimum absolute atomic E-state index is 0.0523. The van der Waals surface area contributed by atoms with Gasteiger partial charge in [0.25, 0.3) is 0 Å². The second-order valence-electron chi connectivity index (χ2n) is 5.13. The number of carbonyl (C=O) groups excluding carboxylic acids is 2. The molecule has 1 unspecified atom stereocenters. The predicted octanol–water partition coefficient (Wildman–Crippen LogP) is 4.01. The zero-order valence-electron chi connectivity index (χ0n) is 13.3. The van der Waals surface area contributed by atoms with E-state index in [1.54, 1.807) is 6.92 Å². The molecule has 0 aromatic heterocycles. The Bertz CT molecular complexity index is 263. The van der Waals surface area contributed by atoms with E-state index >= 15 is 0 Å². The van der Waals surface area contributed by atoms with Crippen LogP contribution in [0.3, 0.4) is 0 Å². The Balaban J connectivity index is 3.84. The summed E-state index contributed by atoms with van der Waals surface area (Å²) in [4.78, 5) is 22.3. The van der Waals surface area contributed by atoms with Crippen LogP contribution in [0.5, 0.6) is 0 Å². The van der Waals surface area contributed by atoms with E-state index in [1.807, 2.05) is 0 Å². The Hall–Kier alpha value is -1.06. The zero-order valence-corrected chi connectivity index (χ0v) is 13.3. The first-order valence-corrected chi connectivity index (χ1v) is 7.93. The van der Waals surface area contributed by atoms with Crippen molar-refractivity contribution < 1.29 is 19.1 Å². The first-order chi connectivity index (χ1) is 9.60. The van der Waals surface area contributed by atoms with Gasteiger partial charge in [-0.3, -0.25) is 9.59 Å². The van der Waals surface area contributed by atoms with Crippen LogP contribution in [-0.4, -0.2) is 24.6 Å². The standard InChI is InChI=1S/C16H30O4/c1-4-6-7-8-9-11-15(20-14(3)17)12-10-13-16(18)19-5-2/h15H,4-13H2,1-3H3. The fraction of sp³-hybridized carbons (Fsp3) is 0.875. The van der Waals surface area contributed by atoms with Crippen molar-refractivity contribution in [3.05, 3.63) is 0 Å². The van der Waals surface area contributed by atoms with Gasteiger partial charge in [-0.25, -0.2) is 0 Å². The van der Waals surface area contributed by atoms with Crippen molar-refractivity contribution in [2.24, 2.45) is 0 Å². The number of hydrogen-bond acceptors (Lipinski definition) is 4. The molecule has 0 aromatic rings. The van der Waals surface area contributed by atoms with E-state index in [1.165, 1.54) is 32.6 Å². The highest BCUT2D eigenvalue weighted by Gasteiger charge is 2.13. The monoisotopic (exact) mass is 286 g/mol. The Morgan fingerprint density at radius 1 is 0.950 bits per heavy atom. The smallest absolute Gasteiger partial charge is 0.305 e. The van der Waals surface area contributed by atoms with E-state index in [4.69, 9.17) is 9.47 Å². The zero-order chi connectivity index (χ0) is 15.2. The summed E-state index contributed by atoms with van der Waals surface area (Å²) in [7, 11) is 0. The third-order valence-corrected chi connectivity index (χ3v) is 3.17. The van der Waals surface area contributed by atoms with E-state index in [0.29, 0.717) is 19.4 Å². The SMILES string of the molecule is CCCCCCCC(CCCC(=O)OCC)OC(C)=O. The lowest BCUT2D eigenvalue weighted by molar-refractivity contribution is -0.147. The molecule has 0 aliphatic carbocycles. The molecule has 0 bridgehead atoms. The summed E-state index contributed by atoms with van der Waals surface area (Å²) in [5, 5.41) is 0. The van der Waals surface area contributed by atoms with Gasteiger partial charge in [0.15, 0.2) is 0 Å². The largest absolute Gasteiger partial charge is 0.466 e. The fourth-order valence-corrected chi connectivity index (χ4v) is 2.18. The van der Waals surface area contributed by atoms with Gasteiger partial charge in [0, 0.05) is 13.3 Å². The second-order valence-corrected chi connectivity index (χ2v) is 5.13. The van der Waals surface area contributed by atoms with Crippen molar-refractivity contribution in [3.8, 4) is 0 Å². The molecular weight excluding hydrogens is 256 g/mol. The van der Waals surface area contributed by atoms with Crippen molar-refractivity contribution >= 4 is 11.9 Å². The minimum Gasteiger partial charge on any atom is -0.466 e. The molecule has 0 heterocycles. The van der Waals surface area contributed by atoms with E-state index < -0.39 is 0 Å². The third kappa shape index (κ3) is 12.0. The van der Waals surface area contributed by atoms with E-state index in [2.05, 4.69) is 6.92 Å². The number of esters is 2. The highest BCUT2D eigenvalue weighted by atomic mass is 16.5. The van der Waals surface area contributed by atoms with E-state index in [-0.39, 0.29) is 18.0 Å². The average Bonchev–Trinajstić information content (AvgIpc) is 2.37. The van der Waals surface area contributed by atoms with Gasteiger partial charge in [0.2, 0.25) is 0 Å². The Kier molecular flexibility index (Phi) is 12.3. The van der Waals surface area contributed by atoms with Gasteiger partial charge in [-0.15, -0.1) is 0 Å². The Morgan fingerprint density at radius 3 is 2.20 bits per heavy atom. The van der Waals surface area contributed by atoms with Gasteiger partial charge >= 0.3 is 11.9 Å². The summed E-state index contributed by atoms with van der Waals surface area (Å²) in [5.41, 5.74) is 0. The molecule has 0 fully saturated rings. The summed E-state index contributed by atoms with van der Waals surface area (Å²) in [6.07, 6.45) is 8.70. The van der Waals surface area contributed by atoms with Crippen molar-refractivity contribution in [2.75, 3.05) is 6.61 Å². The van der Waals surface area contributed by atoms with Crippen molar-refractivity contribution in [1.29, 1.82) is 0 Å². The van der Waals surface area contributed by atoms with Gasteiger partial charge in [0.1, 0.15) is 6.10 Å². The lowest BCUT2D eigenvalue weighted by atomic mass is 10.0. The van der Waals surface area contributed by atoms with E-state index in [0.717, 1.165) is 19.3 Å². The average molecular weight is 286 g/mol.